The summed E-state index contributed by atoms with van der Waals surface area (Å²) in [4.78, 5) is 10.5. The molecule has 3 aliphatic rings. The largest absolute Gasteiger partial charge is 0.237 e. The first-order chi connectivity index (χ1) is 34.2. The van der Waals surface area contributed by atoms with Crippen molar-refractivity contribution in [1.29, 1.82) is 0 Å². The lowest BCUT2D eigenvalue weighted by molar-refractivity contribution is 1.12. The Morgan fingerprint density at radius 1 is 0.275 bits per heavy atom. The molecule has 2 heteroatoms. The Hall–Kier alpha value is -8.98. The number of aromatic nitrogens is 2. The summed E-state index contributed by atoms with van der Waals surface area (Å²) >= 11 is 0. The number of allylic oxidation sites excluding steroid dienone is 5. The van der Waals surface area contributed by atoms with Crippen LogP contribution >= 0.6 is 0 Å². The second kappa shape index (κ2) is 15.6. The van der Waals surface area contributed by atoms with Crippen molar-refractivity contribution in [2.75, 3.05) is 0 Å². The van der Waals surface area contributed by atoms with Crippen LogP contribution in [0, 0.1) is 6.92 Å². The lowest BCUT2D eigenvalue weighted by atomic mass is 9.77. The first kappa shape index (κ1) is 39.2. The van der Waals surface area contributed by atoms with Crippen LogP contribution in [0.1, 0.15) is 39.2 Å². The van der Waals surface area contributed by atoms with Gasteiger partial charge in [0.25, 0.3) is 0 Å². The van der Waals surface area contributed by atoms with E-state index in [2.05, 4.69) is 225 Å². The van der Waals surface area contributed by atoms with Gasteiger partial charge in [-0.3, -0.25) is 0 Å². The smallest absolute Gasteiger partial charge is 0.160 e. The Labute approximate surface area is 401 Å². The normalized spacial score (nSPS) is 13.4. The molecule has 0 saturated heterocycles. The second-order valence-corrected chi connectivity index (χ2v) is 18.3. The average molecular weight is 875 g/mol. The van der Waals surface area contributed by atoms with Crippen LogP contribution in [0.3, 0.4) is 0 Å². The first-order valence-corrected chi connectivity index (χ1v) is 23.8. The SMILES string of the molecule is Cc1c2c(c(-c3ccc4ccccc4c3)c(-c3ccccc3)c1-c1ccccc1)C(c1ncccn1)=C1C(c3ccccc3)=C(c3ccccc3)C(c3ccc4c5c(cccc35)-c3ccccc3-4)=C12. The summed E-state index contributed by atoms with van der Waals surface area (Å²) in [5, 5.41) is 4.95. The van der Waals surface area contributed by atoms with Crippen LogP contribution in [-0.2, 0) is 0 Å². The highest BCUT2D eigenvalue weighted by Gasteiger charge is 2.45. The number of hydrogen-bond donors (Lipinski definition) is 0. The van der Waals surface area contributed by atoms with Crippen molar-refractivity contribution in [2.24, 2.45) is 0 Å². The molecule has 0 aliphatic heterocycles. The van der Waals surface area contributed by atoms with Crippen molar-refractivity contribution in [2.45, 2.75) is 6.92 Å². The van der Waals surface area contributed by atoms with Crippen molar-refractivity contribution < 1.29 is 0 Å². The van der Waals surface area contributed by atoms with E-state index in [9.17, 15) is 0 Å². The zero-order valence-corrected chi connectivity index (χ0v) is 37.9. The molecule has 0 N–H and O–H groups in total. The molecule has 0 fully saturated rings. The summed E-state index contributed by atoms with van der Waals surface area (Å²) in [6, 6.07) is 82.4. The van der Waals surface area contributed by atoms with Crippen molar-refractivity contribution >= 4 is 49.4 Å². The Kier molecular flexibility index (Phi) is 8.84. The zero-order valence-electron chi connectivity index (χ0n) is 37.9. The topological polar surface area (TPSA) is 25.8 Å². The molecule has 3 aliphatic carbocycles. The van der Waals surface area contributed by atoms with E-state index in [0.717, 1.165) is 33.4 Å². The fourth-order valence-electron chi connectivity index (χ4n) is 11.9. The number of rotatable bonds is 7. The van der Waals surface area contributed by atoms with Gasteiger partial charge in [-0.15, -0.1) is 0 Å². The molecule has 0 unspecified atom stereocenters. The maximum atomic E-state index is 5.23. The van der Waals surface area contributed by atoms with Gasteiger partial charge in [-0.25, -0.2) is 9.97 Å². The third-order valence-electron chi connectivity index (χ3n) is 14.6. The van der Waals surface area contributed by atoms with Crippen LogP contribution in [0.2, 0.25) is 0 Å². The molecule has 1 heterocycles. The van der Waals surface area contributed by atoms with E-state index >= 15 is 0 Å². The van der Waals surface area contributed by atoms with Crippen molar-refractivity contribution in [1.82, 2.24) is 9.97 Å². The quantitative estimate of drug-likeness (QED) is 0.159. The van der Waals surface area contributed by atoms with Crippen LogP contribution in [0.5, 0.6) is 0 Å². The molecule has 0 amide bonds. The minimum atomic E-state index is 0.703. The van der Waals surface area contributed by atoms with Crippen LogP contribution in [0.25, 0.3) is 105 Å². The van der Waals surface area contributed by atoms with Gasteiger partial charge in [-0.1, -0.05) is 212 Å². The molecule has 2 nitrogen and oxygen atoms in total. The highest BCUT2D eigenvalue weighted by molar-refractivity contribution is 6.41. The summed E-state index contributed by atoms with van der Waals surface area (Å²) in [5.74, 6) is 0.703. The minimum Gasteiger partial charge on any atom is -0.237 e. The molecule has 1 aromatic heterocycles. The van der Waals surface area contributed by atoms with Gasteiger partial charge in [0, 0.05) is 29.1 Å². The van der Waals surface area contributed by atoms with E-state index in [1.54, 1.807) is 0 Å². The maximum Gasteiger partial charge on any atom is 0.160 e. The summed E-state index contributed by atoms with van der Waals surface area (Å²) in [6.07, 6.45) is 3.80. The maximum absolute atomic E-state index is 5.23. The Morgan fingerprint density at radius 2 is 0.783 bits per heavy atom. The molecule has 10 aromatic carbocycles. The zero-order chi connectivity index (χ0) is 45.6. The third-order valence-corrected chi connectivity index (χ3v) is 14.6. The molecule has 14 rings (SSSR count). The van der Waals surface area contributed by atoms with Crippen molar-refractivity contribution in [3.63, 3.8) is 0 Å². The van der Waals surface area contributed by atoms with Gasteiger partial charge in [0.2, 0.25) is 0 Å². The number of nitrogens with zero attached hydrogens (tertiary/aromatic N) is 2. The molecular weight excluding hydrogens is 833 g/mol. The van der Waals surface area contributed by atoms with E-state index in [4.69, 9.17) is 9.97 Å². The van der Waals surface area contributed by atoms with Gasteiger partial charge in [-0.05, 0) is 146 Å². The van der Waals surface area contributed by atoms with E-state index in [1.165, 1.54) is 111 Å². The van der Waals surface area contributed by atoms with Gasteiger partial charge < -0.3 is 0 Å². The molecule has 0 atom stereocenters. The standard InChI is InChI=1S/C67H42N2/c1-41-55(43-21-6-2-7-22-43)57(44-23-8-3-9-24-44)60(48-35-34-42-20-14-15-29-47(42)40-48)63-56(41)64-62(54-37-36-53-50-31-17-16-30-49(50)51-32-18-33-52(54)61(51)53)58(45-25-10-4-11-26-45)59(46-27-12-5-13-28-46)65(64)66(63)67-68-38-19-39-69-67/h2-40H,1H3. The van der Waals surface area contributed by atoms with Gasteiger partial charge >= 0.3 is 0 Å². The fourth-order valence-corrected chi connectivity index (χ4v) is 11.9. The average Bonchev–Trinajstić information content (AvgIpc) is 4.06. The van der Waals surface area contributed by atoms with Crippen LogP contribution in [0.15, 0.2) is 242 Å². The van der Waals surface area contributed by atoms with Crippen LogP contribution in [0.4, 0.5) is 0 Å². The molecule has 0 spiro atoms. The lowest BCUT2D eigenvalue weighted by Crippen LogP contribution is -2.05. The third kappa shape index (κ3) is 5.86. The first-order valence-electron chi connectivity index (χ1n) is 23.8. The minimum absolute atomic E-state index is 0.703. The molecule has 0 saturated carbocycles. The summed E-state index contributed by atoms with van der Waals surface area (Å²) in [5.41, 5.74) is 26.4. The molecular formula is C67H42N2. The summed E-state index contributed by atoms with van der Waals surface area (Å²) in [7, 11) is 0. The number of fused-ring (bicyclic) bond motifs is 7. The molecule has 0 radical (unpaired) electrons. The Bertz CT molecular complexity index is 3980. The van der Waals surface area contributed by atoms with Crippen molar-refractivity contribution in [3.05, 3.63) is 282 Å². The van der Waals surface area contributed by atoms with Crippen LogP contribution < -0.4 is 0 Å². The Morgan fingerprint density at radius 3 is 1.43 bits per heavy atom. The summed E-state index contributed by atoms with van der Waals surface area (Å²) in [6.45, 7) is 2.36. The van der Waals surface area contributed by atoms with Gasteiger partial charge in [0.1, 0.15) is 0 Å². The van der Waals surface area contributed by atoms with Crippen LogP contribution in [-0.4, -0.2) is 9.97 Å². The molecule has 0 bridgehead atoms. The monoisotopic (exact) mass is 874 g/mol. The van der Waals surface area contributed by atoms with E-state index < -0.39 is 0 Å². The van der Waals surface area contributed by atoms with Crippen molar-refractivity contribution in [3.8, 4) is 55.6 Å². The van der Waals surface area contributed by atoms with E-state index in [1.807, 2.05) is 18.5 Å². The molecule has 69 heavy (non-hydrogen) atoms. The second-order valence-electron chi connectivity index (χ2n) is 18.3. The highest BCUT2D eigenvalue weighted by atomic mass is 14.9. The Balaban J connectivity index is 1.24. The predicted octanol–water partition coefficient (Wildman–Crippen LogP) is 17.1. The lowest BCUT2D eigenvalue weighted by Gasteiger charge is -2.26. The molecule has 320 valence electrons. The predicted molar refractivity (Wildman–Crippen MR) is 288 cm³/mol. The fraction of sp³-hybridized carbons (Fsp3) is 0.0149. The van der Waals surface area contributed by atoms with E-state index in [0.29, 0.717) is 5.82 Å². The van der Waals surface area contributed by atoms with Gasteiger partial charge in [0.15, 0.2) is 5.82 Å². The summed E-state index contributed by atoms with van der Waals surface area (Å²) < 4.78 is 0. The van der Waals surface area contributed by atoms with Gasteiger partial charge in [-0.2, -0.15) is 0 Å². The molecule has 11 aromatic rings. The number of hydrogen-bond acceptors (Lipinski definition) is 2. The number of benzene rings is 10. The van der Waals surface area contributed by atoms with E-state index in [-0.39, 0.29) is 0 Å². The van der Waals surface area contributed by atoms with Gasteiger partial charge in [0.05, 0.1) is 0 Å². The highest BCUT2D eigenvalue weighted by Crippen LogP contribution is 2.66.